The molecule has 0 bridgehead atoms. The van der Waals surface area contributed by atoms with Crippen molar-refractivity contribution in [1.29, 1.82) is 0 Å². The maximum Gasteiger partial charge on any atom is 0.0467 e. The molecule has 3 rings (SSSR count). The fraction of sp³-hybridized carbons (Fsp3) is 0.296. The van der Waals surface area contributed by atoms with E-state index in [0.29, 0.717) is 0 Å². The smallest absolute Gasteiger partial charge is 0.0467 e. The van der Waals surface area contributed by atoms with E-state index in [9.17, 15) is 0 Å². The van der Waals surface area contributed by atoms with Gasteiger partial charge in [0, 0.05) is 27.9 Å². The topological polar surface area (TPSA) is 3.24 Å². The van der Waals surface area contributed by atoms with E-state index in [1.165, 1.54) is 0 Å². The first-order valence-corrected chi connectivity index (χ1v) is 10.1. The Labute approximate surface area is 171 Å². The molecule has 1 nitrogen and oxygen atoms in total. The fourth-order valence-electron chi connectivity index (χ4n) is 2.95. The summed E-state index contributed by atoms with van der Waals surface area (Å²) in [6, 6.07) is 0. The maximum atomic E-state index is 3.15. The standard InChI is InChI=1S/C25H27N.C2H6/c1-24(2)17-9-13-22(15-19-24)26(21-11-7-5-6-8-12-21)23-14-10-18-25(3,4)20-16-23;1-2/h5,7-20H,1-4H3;1-2H3. The average molecular weight is 372 g/mol. The Hall–Kier alpha value is -2.76. The van der Waals surface area contributed by atoms with Crippen LogP contribution >= 0.6 is 0 Å². The summed E-state index contributed by atoms with van der Waals surface area (Å²) >= 11 is 0. The molecule has 0 spiro atoms. The zero-order valence-corrected chi connectivity index (χ0v) is 18.1. The summed E-state index contributed by atoms with van der Waals surface area (Å²) < 4.78 is 0. The van der Waals surface area contributed by atoms with Gasteiger partial charge >= 0.3 is 0 Å². The molecular formula is C27H33N. The molecular weight excluding hydrogens is 338 g/mol. The Morgan fingerprint density at radius 2 is 1.11 bits per heavy atom. The van der Waals surface area contributed by atoms with Crippen LogP contribution in [-0.4, -0.2) is 4.90 Å². The minimum Gasteiger partial charge on any atom is -0.311 e. The second-order valence-corrected chi connectivity index (χ2v) is 8.00. The van der Waals surface area contributed by atoms with Crippen LogP contribution in [0.1, 0.15) is 41.5 Å². The Kier molecular flexibility index (Phi) is 7.26. The Bertz CT molecular complexity index is 817. The molecule has 3 aliphatic rings. The van der Waals surface area contributed by atoms with Crippen LogP contribution < -0.4 is 0 Å². The van der Waals surface area contributed by atoms with Crippen molar-refractivity contribution in [3.05, 3.63) is 114 Å². The first kappa shape index (κ1) is 21.5. The van der Waals surface area contributed by atoms with Gasteiger partial charge in [-0.1, -0.05) is 84.1 Å². The molecule has 0 atom stereocenters. The van der Waals surface area contributed by atoms with Gasteiger partial charge in [-0.2, -0.15) is 0 Å². The number of allylic oxidation sites excluding steroid dienone is 14. The second kappa shape index (κ2) is 9.44. The molecule has 0 aromatic heterocycles. The van der Waals surface area contributed by atoms with Gasteiger partial charge < -0.3 is 4.90 Å². The fourth-order valence-corrected chi connectivity index (χ4v) is 2.95. The molecule has 0 radical (unpaired) electrons. The number of nitrogens with zero attached hydrogens (tertiary/aromatic N) is 1. The lowest BCUT2D eigenvalue weighted by Crippen LogP contribution is -2.19. The summed E-state index contributed by atoms with van der Waals surface area (Å²) in [6.45, 7) is 12.9. The van der Waals surface area contributed by atoms with E-state index >= 15 is 0 Å². The van der Waals surface area contributed by atoms with E-state index in [-0.39, 0.29) is 10.8 Å². The molecule has 0 amide bonds. The molecule has 28 heavy (non-hydrogen) atoms. The van der Waals surface area contributed by atoms with Gasteiger partial charge in [0.05, 0.1) is 0 Å². The van der Waals surface area contributed by atoms with Crippen molar-refractivity contribution >= 4 is 0 Å². The van der Waals surface area contributed by atoms with Crippen LogP contribution in [0.4, 0.5) is 0 Å². The normalized spacial score (nSPS) is 20.9. The van der Waals surface area contributed by atoms with Gasteiger partial charge in [-0.25, -0.2) is 0 Å². The highest BCUT2D eigenvalue weighted by Crippen LogP contribution is 2.31. The van der Waals surface area contributed by atoms with E-state index in [2.05, 4.69) is 111 Å². The van der Waals surface area contributed by atoms with Crippen molar-refractivity contribution < 1.29 is 0 Å². The van der Waals surface area contributed by atoms with Gasteiger partial charge in [-0.15, -0.1) is 5.73 Å². The van der Waals surface area contributed by atoms with Gasteiger partial charge in [0.1, 0.15) is 0 Å². The summed E-state index contributed by atoms with van der Waals surface area (Å²) in [5.74, 6) is 0. The van der Waals surface area contributed by atoms with E-state index in [1.54, 1.807) is 0 Å². The number of hydrogen-bond donors (Lipinski definition) is 0. The lowest BCUT2D eigenvalue weighted by Gasteiger charge is -2.28. The summed E-state index contributed by atoms with van der Waals surface area (Å²) in [4.78, 5) is 2.29. The molecule has 0 saturated heterocycles. The molecule has 0 aromatic carbocycles. The third-order valence-corrected chi connectivity index (χ3v) is 4.54. The third kappa shape index (κ3) is 5.87. The zero-order chi connectivity index (χ0) is 20.6. The summed E-state index contributed by atoms with van der Waals surface area (Å²) in [5, 5.41) is 0. The summed E-state index contributed by atoms with van der Waals surface area (Å²) in [6.07, 6.45) is 32.2. The van der Waals surface area contributed by atoms with Crippen LogP contribution in [0.3, 0.4) is 0 Å². The highest BCUT2D eigenvalue weighted by Gasteiger charge is 2.19. The molecule has 0 aromatic rings. The van der Waals surface area contributed by atoms with E-state index in [4.69, 9.17) is 0 Å². The van der Waals surface area contributed by atoms with Crippen molar-refractivity contribution in [2.24, 2.45) is 10.8 Å². The Morgan fingerprint density at radius 3 is 1.64 bits per heavy atom. The van der Waals surface area contributed by atoms with Gasteiger partial charge in [0.15, 0.2) is 0 Å². The summed E-state index contributed by atoms with van der Waals surface area (Å²) in [5.41, 5.74) is 6.64. The first-order valence-electron chi connectivity index (χ1n) is 10.1. The largest absolute Gasteiger partial charge is 0.311 e. The Morgan fingerprint density at radius 1 is 0.607 bits per heavy atom. The van der Waals surface area contributed by atoms with E-state index in [0.717, 1.165) is 17.1 Å². The zero-order valence-electron chi connectivity index (χ0n) is 18.1. The average Bonchev–Trinajstić information content (AvgIpc) is 3.09. The molecule has 3 aliphatic carbocycles. The summed E-state index contributed by atoms with van der Waals surface area (Å²) in [7, 11) is 0. The van der Waals surface area contributed by atoms with Crippen LogP contribution in [0.15, 0.2) is 114 Å². The molecule has 1 heteroatoms. The second-order valence-electron chi connectivity index (χ2n) is 8.00. The minimum absolute atomic E-state index is 0.0502. The predicted molar refractivity (Wildman–Crippen MR) is 123 cm³/mol. The first-order chi connectivity index (χ1) is 13.4. The van der Waals surface area contributed by atoms with Gasteiger partial charge in [0.2, 0.25) is 0 Å². The third-order valence-electron chi connectivity index (χ3n) is 4.54. The number of rotatable bonds is 3. The van der Waals surface area contributed by atoms with Crippen molar-refractivity contribution in [2.75, 3.05) is 0 Å². The predicted octanol–water partition coefficient (Wildman–Crippen LogP) is 7.55. The van der Waals surface area contributed by atoms with Crippen molar-refractivity contribution in [1.82, 2.24) is 4.90 Å². The maximum absolute atomic E-state index is 3.15. The highest BCUT2D eigenvalue weighted by atomic mass is 15.2. The molecule has 146 valence electrons. The van der Waals surface area contributed by atoms with Crippen LogP contribution in [0.2, 0.25) is 0 Å². The van der Waals surface area contributed by atoms with Gasteiger partial charge in [-0.3, -0.25) is 0 Å². The quantitative estimate of drug-likeness (QED) is 0.463. The molecule has 0 aliphatic heterocycles. The van der Waals surface area contributed by atoms with Crippen molar-refractivity contribution in [2.45, 2.75) is 41.5 Å². The lowest BCUT2D eigenvalue weighted by atomic mass is 9.93. The molecule has 0 N–H and O–H groups in total. The van der Waals surface area contributed by atoms with Crippen LogP contribution in [0, 0.1) is 10.8 Å². The SMILES string of the molecule is CC.CC1(C)C=CC=C(N(C2=CC=C=CC=C2)C2=CC=CC(C)(C)C=C2)C=C1. The molecule has 0 unspecified atom stereocenters. The monoisotopic (exact) mass is 371 g/mol. The van der Waals surface area contributed by atoms with Crippen molar-refractivity contribution in [3.63, 3.8) is 0 Å². The minimum atomic E-state index is 0.0502. The van der Waals surface area contributed by atoms with Crippen LogP contribution in [0.25, 0.3) is 0 Å². The van der Waals surface area contributed by atoms with E-state index < -0.39 is 0 Å². The van der Waals surface area contributed by atoms with Gasteiger partial charge in [0.25, 0.3) is 0 Å². The molecule has 0 saturated carbocycles. The van der Waals surface area contributed by atoms with Crippen LogP contribution in [0.5, 0.6) is 0 Å². The lowest BCUT2D eigenvalue weighted by molar-refractivity contribution is 0.571. The van der Waals surface area contributed by atoms with E-state index in [1.807, 2.05) is 32.1 Å². The Balaban J connectivity index is 0.00000136. The van der Waals surface area contributed by atoms with Crippen molar-refractivity contribution in [3.8, 4) is 0 Å². The van der Waals surface area contributed by atoms with Gasteiger partial charge in [-0.05, 0) is 48.6 Å². The van der Waals surface area contributed by atoms with Crippen LogP contribution in [-0.2, 0) is 0 Å². The molecule has 0 fully saturated rings. The molecule has 0 heterocycles. The highest BCUT2D eigenvalue weighted by molar-refractivity contribution is 5.45. The number of hydrogen-bond acceptors (Lipinski definition) is 1.